The summed E-state index contributed by atoms with van der Waals surface area (Å²) in [5.74, 6) is -1.51. The Kier molecular flexibility index (Phi) is 3.56. The zero-order chi connectivity index (χ0) is 19.7. The summed E-state index contributed by atoms with van der Waals surface area (Å²) < 4.78 is 3.23. The van der Waals surface area contributed by atoms with E-state index < -0.39 is 11.8 Å². The SMILES string of the molecule is O=C1NC(=O)[C@H](c2c[nH]c3ccc(Br)cc23)[C@H]1c1cc2c3c(ccn3CCC2)c1. The van der Waals surface area contributed by atoms with Gasteiger partial charge in [0.1, 0.15) is 0 Å². The highest BCUT2D eigenvalue weighted by molar-refractivity contribution is 9.10. The van der Waals surface area contributed by atoms with E-state index in [4.69, 9.17) is 0 Å². The number of fused-ring (bicyclic) bond motifs is 1. The number of aromatic nitrogens is 2. The van der Waals surface area contributed by atoms with Gasteiger partial charge in [0.05, 0.1) is 17.4 Å². The second-order valence-electron chi connectivity index (χ2n) is 7.97. The van der Waals surface area contributed by atoms with Crippen LogP contribution in [0.5, 0.6) is 0 Å². The fourth-order valence-electron chi connectivity index (χ4n) is 5.08. The highest BCUT2D eigenvalue weighted by Gasteiger charge is 2.44. The number of aryl methyl sites for hydroxylation is 2. The molecule has 2 aromatic carbocycles. The smallest absolute Gasteiger partial charge is 0.235 e. The Balaban J connectivity index is 1.54. The largest absolute Gasteiger partial charge is 0.361 e. The lowest BCUT2D eigenvalue weighted by Crippen LogP contribution is -2.21. The molecule has 2 aromatic heterocycles. The van der Waals surface area contributed by atoms with Crippen molar-refractivity contribution in [1.82, 2.24) is 14.9 Å². The lowest BCUT2D eigenvalue weighted by atomic mass is 9.81. The first kappa shape index (κ1) is 17.0. The summed E-state index contributed by atoms with van der Waals surface area (Å²) in [5, 5.41) is 4.69. The summed E-state index contributed by atoms with van der Waals surface area (Å²) in [6.07, 6.45) is 6.08. The van der Waals surface area contributed by atoms with Gasteiger partial charge in [-0.3, -0.25) is 14.9 Å². The van der Waals surface area contributed by atoms with Gasteiger partial charge in [-0.25, -0.2) is 0 Å². The third kappa shape index (κ3) is 2.45. The number of carbonyl (C=O) groups excluding carboxylic acids is 2. The van der Waals surface area contributed by atoms with Crippen LogP contribution < -0.4 is 5.32 Å². The molecule has 0 radical (unpaired) electrons. The molecule has 2 N–H and O–H groups in total. The number of hydrogen-bond donors (Lipinski definition) is 2. The molecule has 0 unspecified atom stereocenters. The van der Waals surface area contributed by atoms with Gasteiger partial charge in [-0.05, 0) is 59.9 Å². The first-order chi connectivity index (χ1) is 14.1. The molecule has 2 amide bonds. The third-order valence-corrected chi connectivity index (χ3v) is 6.81. The van der Waals surface area contributed by atoms with Gasteiger partial charge >= 0.3 is 0 Å². The Labute approximate surface area is 175 Å². The normalized spacial score (nSPS) is 21.3. The maximum absolute atomic E-state index is 12.9. The highest BCUT2D eigenvalue weighted by Crippen LogP contribution is 2.42. The Bertz CT molecular complexity index is 1330. The van der Waals surface area contributed by atoms with E-state index in [1.54, 1.807) is 0 Å². The molecule has 6 heteroatoms. The summed E-state index contributed by atoms with van der Waals surface area (Å²) >= 11 is 3.52. The van der Waals surface area contributed by atoms with Crippen LogP contribution in [0.25, 0.3) is 21.8 Å². The van der Waals surface area contributed by atoms with Crippen molar-refractivity contribution >= 4 is 49.6 Å². The van der Waals surface area contributed by atoms with Crippen LogP contribution in [0.2, 0.25) is 0 Å². The predicted octanol–water partition coefficient (Wildman–Crippen LogP) is 4.36. The van der Waals surface area contributed by atoms with Crippen LogP contribution in [-0.4, -0.2) is 21.4 Å². The number of benzene rings is 2. The summed E-state index contributed by atoms with van der Waals surface area (Å²) in [4.78, 5) is 29.0. The maximum atomic E-state index is 12.9. The van der Waals surface area contributed by atoms with Crippen molar-refractivity contribution < 1.29 is 9.59 Å². The van der Waals surface area contributed by atoms with Crippen molar-refractivity contribution in [2.75, 3.05) is 0 Å². The van der Waals surface area contributed by atoms with Gasteiger partial charge in [0.25, 0.3) is 0 Å². The molecular weight excluding hydrogens is 430 g/mol. The standard InChI is InChI=1S/C23H18BrN3O2/c24-15-3-4-18-16(10-15)17(11-25-18)20-19(22(28)26-23(20)29)14-8-12-2-1-6-27-7-5-13(9-14)21(12)27/h3-5,7-11,19-20,25H,1-2,6H2,(H,26,28,29)/t19-,20-/m1/s1. The van der Waals surface area contributed by atoms with Crippen LogP contribution in [-0.2, 0) is 22.6 Å². The Morgan fingerprint density at radius 2 is 1.90 bits per heavy atom. The van der Waals surface area contributed by atoms with E-state index in [1.165, 1.54) is 11.1 Å². The topological polar surface area (TPSA) is 66.9 Å². The molecule has 0 aliphatic carbocycles. The lowest BCUT2D eigenvalue weighted by molar-refractivity contribution is -0.125. The van der Waals surface area contributed by atoms with Crippen LogP contribution in [0.1, 0.15) is 34.9 Å². The molecule has 5 nitrogen and oxygen atoms in total. The van der Waals surface area contributed by atoms with Crippen LogP contribution in [0.15, 0.2) is 53.3 Å². The monoisotopic (exact) mass is 447 g/mol. The molecule has 4 aromatic rings. The number of imide groups is 1. The molecule has 0 spiro atoms. The average Bonchev–Trinajstić information content (AvgIpc) is 3.38. The van der Waals surface area contributed by atoms with Crippen LogP contribution >= 0.6 is 15.9 Å². The zero-order valence-electron chi connectivity index (χ0n) is 15.5. The zero-order valence-corrected chi connectivity index (χ0v) is 17.1. The summed E-state index contributed by atoms with van der Waals surface area (Å²) in [5.41, 5.74) is 5.26. The predicted molar refractivity (Wildman–Crippen MR) is 115 cm³/mol. The minimum Gasteiger partial charge on any atom is -0.361 e. The molecule has 2 atom stereocenters. The molecule has 1 fully saturated rings. The first-order valence-corrected chi connectivity index (χ1v) is 10.6. The van der Waals surface area contributed by atoms with Crippen molar-refractivity contribution in [3.8, 4) is 0 Å². The van der Waals surface area contributed by atoms with Gasteiger partial charge in [-0.1, -0.05) is 22.0 Å². The molecule has 144 valence electrons. The molecule has 4 heterocycles. The molecule has 29 heavy (non-hydrogen) atoms. The van der Waals surface area contributed by atoms with Gasteiger partial charge in [0.15, 0.2) is 0 Å². The van der Waals surface area contributed by atoms with Crippen molar-refractivity contribution in [2.24, 2.45) is 0 Å². The number of rotatable bonds is 2. The number of H-pyrrole nitrogens is 1. The van der Waals surface area contributed by atoms with E-state index in [-0.39, 0.29) is 11.8 Å². The van der Waals surface area contributed by atoms with Gasteiger partial charge in [0.2, 0.25) is 11.8 Å². The highest BCUT2D eigenvalue weighted by atomic mass is 79.9. The number of nitrogens with zero attached hydrogens (tertiary/aromatic N) is 1. The Hall–Kier alpha value is -2.86. The summed E-state index contributed by atoms with van der Waals surface area (Å²) in [6.45, 7) is 1.03. The number of carbonyl (C=O) groups is 2. The number of halogens is 1. The average molecular weight is 448 g/mol. The van der Waals surface area contributed by atoms with E-state index in [9.17, 15) is 9.59 Å². The number of hydrogen-bond acceptors (Lipinski definition) is 2. The molecule has 2 aliphatic heterocycles. The van der Waals surface area contributed by atoms with Crippen molar-refractivity contribution in [3.05, 3.63) is 70.0 Å². The minimum atomic E-state index is -0.541. The van der Waals surface area contributed by atoms with E-state index >= 15 is 0 Å². The quantitative estimate of drug-likeness (QED) is 0.448. The Morgan fingerprint density at radius 3 is 2.79 bits per heavy atom. The van der Waals surface area contributed by atoms with Crippen LogP contribution in [0, 0.1) is 0 Å². The number of aromatic amines is 1. The van der Waals surface area contributed by atoms with E-state index in [0.29, 0.717) is 0 Å². The van der Waals surface area contributed by atoms with E-state index in [1.807, 2.05) is 24.4 Å². The summed E-state index contributed by atoms with van der Waals surface area (Å²) in [7, 11) is 0. The van der Waals surface area contributed by atoms with Crippen molar-refractivity contribution in [2.45, 2.75) is 31.2 Å². The van der Waals surface area contributed by atoms with Gasteiger partial charge in [-0.15, -0.1) is 0 Å². The van der Waals surface area contributed by atoms with Gasteiger partial charge < -0.3 is 9.55 Å². The molecule has 2 aliphatic rings. The second-order valence-corrected chi connectivity index (χ2v) is 8.89. The molecule has 1 saturated heterocycles. The third-order valence-electron chi connectivity index (χ3n) is 6.32. The van der Waals surface area contributed by atoms with E-state index in [0.717, 1.165) is 51.3 Å². The van der Waals surface area contributed by atoms with Gasteiger partial charge in [0, 0.05) is 39.7 Å². The fourth-order valence-corrected chi connectivity index (χ4v) is 5.44. The number of nitrogens with one attached hydrogen (secondary N) is 2. The summed E-state index contributed by atoms with van der Waals surface area (Å²) in [6, 6.07) is 12.3. The van der Waals surface area contributed by atoms with Crippen LogP contribution in [0.4, 0.5) is 0 Å². The van der Waals surface area contributed by atoms with Gasteiger partial charge in [-0.2, -0.15) is 0 Å². The molecule has 0 bridgehead atoms. The molecular formula is C23H18BrN3O2. The lowest BCUT2D eigenvalue weighted by Gasteiger charge is -2.20. The Morgan fingerprint density at radius 1 is 1.03 bits per heavy atom. The fraction of sp³-hybridized carbons (Fsp3) is 0.217. The van der Waals surface area contributed by atoms with Crippen molar-refractivity contribution in [3.63, 3.8) is 0 Å². The van der Waals surface area contributed by atoms with E-state index in [2.05, 4.69) is 55.2 Å². The molecule has 0 saturated carbocycles. The number of amides is 2. The first-order valence-electron chi connectivity index (χ1n) is 9.83. The molecule has 6 rings (SSSR count). The second kappa shape index (κ2) is 6.07. The van der Waals surface area contributed by atoms with Crippen molar-refractivity contribution in [1.29, 1.82) is 0 Å². The van der Waals surface area contributed by atoms with Crippen LogP contribution in [0.3, 0.4) is 0 Å². The minimum absolute atomic E-state index is 0.217. The maximum Gasteiger partial charge on any atom is 0.235 e.